The van der Waals surface area contributed by atoms with Gasteiger partial charge in [0.15, 0.2) is 5.82 Å². The number of nitriles is 1. The summed E-state index contributed by atoms with van der Waals surface area (Å²) in [6.07, 6.45) is 1.30. The van der Waals surface area contributed by atoms with Gasteiger partial charge in [0.1, 0.15) is 45.9 Å². The van der Waals surface area contributed by atoms with Crippen molar-refractivity contribution in [1.29, 1.82) is 5.26 Å². The van der Waals surface area contributed by atoms with Crippen LogP contribution in [0, 0.1) is 23.0 Å². The van der Waals surface area contributed by atoms with Crippen molar-refractivity contribution in [3.8, 4) is 11.8 Å². The van der Waals surface area contributed by atoms with Crippen LogP contribution in [0.3, 0.4) is 0 Å². The third-order valence-electron chi connectivity index (χ3n) is 5.17. The summed E-state index contributed by atoms with van der Waals surface area (Å²) in [5, 5.41) is 16.5. The van der Waals surface area contributed by atoms with Gasteiger partial charge in [0.2, 0.25) is 0 Å². The quantitative estimate of drug-likeness (QED) is 0.175. The van der Waals surface area contributed by atoms with Crippen molar-refractivity contribution in [2.45, 2.75) is 59.7 Å². The molecular weight excluding hydrogens is 598 g/mol. The Bertz CT molecular complexity index is 1710. The number of hydrogen-bond donors (Lipinski definition) is 2. The largest absolute Gasteiger partial charge is 0.443 e. The van der Waals surface area contributed by atoms with Crippen molar-refractivity contribution in [2.75, 3.05) is 5.32 Å². The van der Waals surface area contributed by atoms with Crippen LogP contribution in [0.4, 0.5) is 24.2 Å². The maximum Gasteiger partial charge on any atom is 0.424 e. The van der Waals surface area contributed by atoms with E-state index in [2.05, 4.69) is 27.0 Å². The van der Waals surface area contributed by atoms with Crippen molar-refractivity contribution < 1.29 is 27.8 Å². The number of carbonyl (C=O) groups excluding carboxylic acids is 2. The van der Waals surface area contributed by atoms with Crippen LogP contribution in [0.1, 0.15) is 54.0 Å². The van der Waals surface area contributed by atoms with Crippen molar-refractivity contribution >= 4 is 46.3 Å². The number of nitrogens with one attached hydrogen (secondary N) is 1. The number of pyridine rings is 1. The Hall–Kier alpha value is -5.03. The van der Waals surface area contributed by atoms with Crippen molar-refractivity contribution in [3.63, 3.8) is 0 Å². The molecule has 0 aliphatic heterocycles. The number of amidine groups is 1. The number of aliphatic imine (C=N–C) groups is 1. The highest BCUT2D eigenvalue weighted by Gasteiger charge is 2.33. The van der Waals surface area contributed by atoms with E-state index in [1.54, 1.807) is 41.5 Å². The Morgan fingerprint density at radius 1 is 1.18 bits per heavy atom. The van der Waals surface area contributed by atoms with Crippen LogP contribution in [-0.4, -0.2) is 48.9 Å². The molecule has 2 amide bonds. The van der Waals surface area contributed by atoms with Gasteiger partial charge in [-0.1, -0.05) is 18.2 Å². The smallest absolute Gasteiger partial charge is 0.424 e. The highest BCUT2D eigenvalue weighted by molar-refractivity contribution is 6.32. The van der Waals surface area contributed by atoms with E-state index in [0.717, 1.165) is 23.0 Å². The van der Waals surface area contributed by atoms with E-state index in [-0.39, 0.29) is 50.3 Å². The summed E-state index contributed by atoms with van der Waals surface area (Å²) in [5.41, 5.74) is 3.39. The molecule has 3 rings (SSSR count). The molecule has 232 valence electrons. The SMILES string of the molecule is C=C(/C=C(\N=C(C)N)Nc1ncc(F)c2nn(-c3c(Cl)cc(F)cc3C#N)cc12)N(C(=O)OC(C)(C)C)C(=O)OC(C)(C)C. The number of rotatable bonds is 6. The van der Waals surface area contributed by atoms with Gasteiger partial charge in [-0.2, -0.15) is 15.3 Å². The Morgan fingerprint density at radius 2 is 1.77 bits per heavy atom. The first-order valence-electron chi connectivity index (χ1n) is 13.0. The highest BCUT2D eigenvalue weighted by atomic mass is 35.5. The first-order valence-corrected chi connectivity index (χ1v) is 13.4. The van der Waals surface area contributed by atoms with E-state index in [0.29, 0.717) is 4.90 Å². The number of allylic oxidation sites excluding steroid dienone is 1. The van der Waals surface area contributed by atoms with Gasteiger partial charge in [-0.05, 0) is 60.6 Å². The average molecular weight is 629 g/mol. The predicted molar refractivity (Wildman–Crippen MR) is 161 cm³/mol. The summed E-state index contributed by atoms with van der Waals surface area (Å²) in [6.45, 7) is 15.0. The minimum atomic E-state index is -1.06. The van der Waals surface area contributed by atoms with Crippen LogP contribution < -0.4 is 11.1 Å². The standard InChI is InChI=1S/C29H31ClF2N8O4/c1-15(40(26(41)43-28(3,4)5)27(42)44-29(6,7)8)9-22(36-16(2)34)37-25-19-14-39(38-23(19)21(32)13-35-25)24-17(12-33)10-18(31)11-20(24)30/h9-11,13-14H,1H2,2-8H3,(H2,34,36)(H,35,37)/b22-9+. The summed E-state index contributed by atoms with van der Waals surface area (Å²) >= 11 is 6.21. The molecule has 15 heteroatoms. The monoisotopic (exact) mass is 628 g/mol. The second-order valence-corrected chi connectivity index (χ2v) is 11.8. The molecule has 3 aromatic rings. The zero-order valence-corrected chi connectivity index (χ0v) is 25.9. The maximum atomic E-state index is 14.8. The summed E-state index contributed by atoms with van der Waals surface area (Å²) in [7, 11) is 0. The average Bonchev–Trinajstić information content (AvgIpc) is 3.28. The molecule has 0 saturated carbocycles. The van der Waals surface area contributed by atoms with Gasteiger partial charge in [-0.25, -0.2) is 33.0 Å². The minimum absolute atomic E-state index is 0.00882. The van der Waals surface area contributed by atoms with Gasteiger partial charge in [0, 0.05) is 12.3 Å². The molecular formula is C29H31ClF2N8O4. The van der Waals surface area contributed by atoms with E-state index >= 15 is 0 Å². The molecule has 2 heterocycles. The van der Waals surface area contributed by atoms with Gasteiger partial charge < -0.3 is 20.5 Å². The number of fused-ring (bicyclic) bond motifs is 1. The maximum absolute atomic E-state index is 14.8. The van der Waals surface area contributed by atoms with Gasteiger partial charge in [0.05, 0.1) is 33.7 Å². The van der Waals surface area contributed by atoms with E-state index in [1.165, 1.54) is 19.2 Å². The zero-order valence-electron chi connectivity index (χ0n) is 25.1. The van der Waals surface area contributed by atoms with Crippen LogP contribution in [0.5, 0.6) is 0 Å². The number of halogens is 3. The lowest BCUT2D eigenvalue weighted by molar-refractivity contribution is 0.00910. The first-order chi connectivity index (χ1) is 20.3. The Morgan fingerprint density at radius 3 is 2.30 bits per heavy atom. The molecule has 0 unspecified atom stereocenters. The molecule has 0 fully saturated rings. The molecule has 1 aromatic carbocycles. The molecule has 44 heavy (non-hydrogen) atoms. The van der Waals surface area contributed by atoms with Gasteiger partial charge >= 0.3 is 12.2 Å². The van der Waals surface area contributed by atoms with Gasteiger partial charge in [-0.3, -0.25) is 0 Å². The van der Waals surface area contributed by atoms with Crippen molar-refractivity contribution in [3.05, 3.63) is 70.9 Å². The molecule has 0 radical (unpaired) electrons. The number of carbonyl (C=O) groups is 2. The van der Waals surface area contributed by atoms with Crippen molar-refractivity contribution in [2.24, 2.45) is 10.7 Å². The fourth-order valence-electron chi connectivity index (χ4n) is 3.63. The normalized spacial score (nSPS) is 12.5. The summed E-state index contributed by atoms with van der Waals surface area (Å²) < 4.78 is 40.6. The molecule has 2 aromatic heterocycles. The van der Waals surface area contributed by atoms with E-state index in [1.807, 2.05) is 6.07 Å². The van der Waals surface area contributed by atoms with Crippen LogP contribution in [0.15, 0.2) is 53.7 Å². The van der Waals surface area contributed by atoms with Crippen LogP contribution in [0.2, 0.25) is 5.02 Å². The van der Waals surface area contributed by atoms with Crippen LogP contribution in [0.25, 0.3) is 16.6 Å². The number of amides is 2. The Balaban J connectivity index is 2.12. The summed E-state index contributed by atoms with van der Waals surface area (Å²) in [4.78, 5) is 35.0. The molecule has 3 N–H and O–H groups in total. The topological polar surface area (TPSA) is 161 Å². The van der Waals surface area contributed by atoms with Crippen LogP contribution in [-0.2, 0) is 9.47 Å². The summed E-state index contributed by atoms with van der Waals surface area (Å²) in [6, 6.07) is 3.80. The third-order valence-corrected chi connectivity index (χ3v) is 5.45. The number of hydrogen-bond acceptors (Lipinski definition) is 9. The Labute approximate surface area is 257 Å². The van der Waals surface area contributed by atoms with Crippen LogP contribution >= 0.6 is 11.6 Å². The zero-order chi connectivity index (χ0) is 33.1. The second kappa shape index (κ2) is 12.7. The van der Waals surface area contributed by atoms with E-state index in [4.69, 9.17) is 26.8 Å². The Kier molecular flexibility index (Phi) is 9.65. The number of benzene rings is 1. The minimum Gasteiger partial charge on any atom is -0.443 e. The van der Waals surface area contributed by atoms with E-state index in [9.17, 15) is 23.6 Å². The molecule has 0 bridgehead atoms. The summed E-state index contributed by atoms with van der Waals surface area (Å²) in [5.74, 6) is -1.55. The predicted octanol–water partition coefficient (Wildman–Crippen LogP) is 6.54. The van der Waals surface area contributed by atoms with Crippen molar-refractivity contribution in [1.82, 2.24) is 19.7 Å². The molecule has 0 spiro atoms. The molecule has 12 nitrogen and oxygen atoms in total. The number of nitrogens with zero attached hydrogens (tertiary/aromatic N) is 6. The number of ether oxygens (including phenoxy) is 2. The lowest BCUT2D eigenvalue weighted by Crippen LogP contribution is -2.42. The number of imide groups is 1. The fourth-order valence-corrected chi connectivity index (χ4v) is 3.92. The van der Waals surface area contributed by atoms with Gasteiger partial charge in [0.25, 0.3) is 0 Å². The number of nitrogens with two attached hydrogens (primary N) is 1. The van der Waals surface area contributed by atoms with Gasteiger partial charge in [-0.15, -0.1) is 0 Å². The fraction of sp³-hybridized carbons (Fsp3) is 0.310. The molecule has 0 atom stereocenters. The van der Waals surface area contributed by atoms with E-state index < -0.39 is 35.0 Å². The molecule has 0 aliphatic rings. The number of aromatic nitrogens is 3. The third kappa shape index (κ3) is 8.29. The highest BCUT2D eigenvalue weighted by Crippen LogP contribution is 2.30. The lowest BCUT2D eigenvalue weighted by Gasteiger charge is -2.28. The molecule has 0 saturated heterocycles. The second-order valence-electron chi connectivity index (χ2n) is 11.4. The number of anilines is 1. The lowest BCUT2D eigenvalue weighted by atomic mass is 10.2. The first kappa shape index (κ1) is 33.5. The molecule has 0 aliphatic carbocycles.